The van der Waals surface area contributed by atoms with E-state index in [0.29, 0.717) is 5.75 Å². The van der Waals surface area contributed by atoms with Gasteiger partial charge in [0.1, 0.15) is 17.1 Å². The molecule has 0 bridgehead atoms. The van der Waals surface area contributed by atoms with E-state index in [9.17, 15) is 5.11 Å². The van der Waals surface area contributed by atoms with Crippen LogP contribution in [0.15, 0.2) is 0 Å². The molecule has 3 atom stereocenters. The lowest BCUT2D eigenvalue weighted by molar-refractivity contribution is 0.0511. The smallest absolute Gasteiger partial charge is 0.127 e. The Morgan fingerprint density at radius 2 is 1.44 bits per heavy atom. The first kappa shape index (κ1) is 27.1. The van der Waals surface area contributed by atoms with Crippen molar-refractivity contribution < 1.29 is 9.84 Å². The highest BCUT2D eigenvalue weighted by molar-refractivity contribution is 5.58. The molecule has 2 heteroatoms. The number of fused-ring (bicyclic) bond motifs is 1. The van der Waals surface area contributed by atoms with Crippen LogP contribution in [0.25, 0.3) is 0 Å². The summed E-state index contributed by atoms with van der Waals surface area (Å²) in [4.78, 5) is 0. The van der Waals surface area contributed by atoms with Gasteiger partial charge in [0, 0.05) is 11.1 Å². The Morgan fingerprint density at radius 1 is 0.875 bits per heavy atom. The second-order valence-corrected chi connectivity index (χ2v) is 11.6. The second-order valence-electron chi connectivity index (χ2n) is 11.6. The summed E-state index contributed by atoms with van der Waals surface area (Å²) >= 11 is 0. The molecule has 2 rings (SSSR count). The van der Waals surface area contributed by atoms with E-state index >= 15 is 0 Å². The van der Waals surface area contributed by atoms with Gasteiger partial charge in [-0.2, -0.15) is 0 Å². The molecular formula is C30H52O2. The lowest BCUT2D eigenvalue weighted by Crippen LogP contribution is -2.37. The zero-order valence-corrected chi connectivity index (χ0v) is 22.6. The summed E-state index contributed by atoms with van der Waals surface area (Å²) < 4.78 is 6.67. The largest absolute Gasteiger partial charge is 0.507 e. The molecule has 0 saturated heterocycles. The number of phenolic OH excluding ortho intramolecular Hbond substituents is 1. The Bertz CT molecular complexity index is 720. The number of benzene rings is 1. The minimum Gasteiger partial charge on any atom is -0.507 e. The van der Waals surface area contributed by atoms with Gasteiger partial charge in [-0.15, -0.1) is 0 Å². The molecule has 1 heterocycles. The van der Waals surface area contributed by atoms with Crippen molar-refractivity contribution >= 4 is 0 Å². The summed E-state index contributed by atoms with van der Waals surface area (Å²) in [6.45, 7) is 18.1. The highest BCUT2D eigenvalue weighted by atomic mass is 16.5. The first-order chi connectivity index (χ1) is 15.1. The van der Waals surface area contributed by atoms with Gasteiger partial charge in [0.2, 0.25) is 0 Å². The lowest BCUT2D eigenvalue weighted by Gasteiger charge is -2.38. The van der Waals surface area contributed by atoms with E-state index in [1.807, 2.05) is 6.92 Å². The van der Waals surface area contributed by atoms with Crippen LogP contribution in [-0.2, 0) is 12.8 Å². The van der Waals surface area contributed by atoms with Crippen molar-refractivity contribution in [3.05, 3.63) is 22.3 Å². The molecule has 184 valence electrons. The average molecular weight is 445 g/mol. The number of phenols is 1. The molecule has 0 saturated carbocycles. The standard InChI is InChI=1S/C30H52O2/c1-9-26-25(7)29-27(24(6)28(26)31)18-20-30(8,32-29)19-12-17-23(5)16-11-15-22(4)14-10-13-21(2)3/h21-23,31H,9-20H2,1-8H3. The van der Waals surface area contributed by atoms with Crippen molar-refractivity contribution in [2.45, 2.75) is 138 Å². The molecule has 0 spiro atoms. The fraction of sp³-hybridized carbons (Fsp3) is 0.800. The van der Waals surface area contributed by atoms with Gasteiger partial charge in [0.05, 0.1) is 0 Å². The molecule has 32 heavy (non-hydrogen) atoms. The average Bonchev–Trinajstić information content (AvgIpc) is 2.72. The summed E-state index contributed by atoms with van der Waals surface area (Å²) in [7, 11) is 0. The van der Waals surface area contributed by atoms with Crippen molar-refractivity contribution in [2.75, 3.05) is 0 Å². The molecule has 0 aromatic heterocycles. The van der Waals surface area contributed by atoms with Crippen LogP contribution in [0.5, 0.6) is 11.5 Å². The number of hydrogen-bond donors (Lipinski definition) is 1. The van der Waals surface area contributed by atoms with Crippen LogP contribution < -0.4 is 4.74 Å². The van der Waals surface area contributed by atoms with Crippen LogP contribution >= 0.6 is 0 Å². The Labute approximate surface area is 199 Å². The van der Waals surface area contributed by atoms with Crippen molar-refractivity contribution in [3.63, 3.8) is 0 Å². The Morgan fingerprint density at radius 3 is 2.00 bits per heavy atom. The minimum absolute atomic E-state index is 0.0726. The van der Waals surface area contributed by atoms with E-state index in [-0.39, 0.29) is 5.60 Å². The van der Waals surface area contributed by atoms with Gasteiger partial charge in [-0.3, -0.25) is 0 Å². The van der Waals surface area contributed by atoms with Gasteiger partial charge in [-0.1, -0.05) is 79.6 Å². The normalized spacial score (nSPS) is 20.2. The van der Waals surface area contributed by atoms with E-state index in [4.69, 9.17) is 4.74 Å². The molecule has 2 nitrogen and oxygen atoms in total. The maximum absolute atomic E-state index is 10.6. The topological polar surface area (TPSA) is 29.5 Å². The van der Waals surface area contributed by atoms with Crippen LogP contribution in [0.4, 0.5) is 0 Å². The predicted octanol–water partition coefficient (Wildman–Crippen LogP) is 9.09. The van der Waals surface area contributed by atoms with Gasteiger partial charge in [0.15, 0.2) is 0 Å². The molecular weight excluding hydrogens is 392 g/mol. The zero-order valence-electron chi connectivity index (χ0n) is 22.6. The summed E-state index contributed by atoms with van der Waals surface area (Å²) in [6.07, 6.45) is 14.9. The molecule has 1 aliphatic heterocycles. The van der Waals surface area contributed by atoms with Crippen LogP contribution in [-0.4, -0.2) is 10.7 Å². The quantitative estimate of drug-likeness (QED) is 0.329. The van der Waals surface area contributed by atoms with Gasteiger partial charge in [0.25, 0.3) is 0 Å². The van der Waals surface area contributed by atoms with E-state index in [2.05, 4.69) is 48.5 Å². The third-order valence-corrected chi connectivity index (χ3v) is 8.04. The molecule has 3 unspecified atom stereocenters. The van der Waals surface area contributed by atoms with Crippen LogP contribution in [0.2, 0.25) is 0 Å². The van der Waals surface area contributed by atoms with Crippen molar-refractivity contribution in [1.82, 2.24) is 0 Å². The molecule has 1 aliphatic rings. The van der Waals surface area contributed by atoms with E-state index in [0.717, 1.165) is 65.9 Å². The lowest BCUT2D eigenvalue weighted by atomic mass is 9.83. The Kier molecular flexibility index (Phi) is 10.4. The van der Waals surface area contributed by atoms with Crippen molar-refractivity contribution in [2.24, 2.45) is 17.8 Å². The molecule has 0 radical (unpaired) electrons. The third kappa shape index (κ3) is 7.42. The van der Waals surface area contributed by atoms with Gasteiger partial charge in [-0.05, 0) is 81.8 Å². The first-order valence-electron chi connectivity index (χ1n) is 13.6. The SMILES string of the molecule is CCc1c(C)c2c(c(C)c1O)CCC(C)(CCCC(C)CCCC(C)CCCC(C)C)O2. The van der Waals surface area contributed by atoms with Crippen LogP contribution in [0.3, 0.4) is 0 Å². The van der Waals surface area contributed by atoms with E-state index in [1.54, 1.807) is 0 Å². The summed E-state index contributed by atoms with van der Waals surface area (Å²) in [5, 5.41) is 10.6. The van der Waals surface area contributed by atoms with Gasteiger partial charge >= 0.3 is 0 Å². The number of hydrogen-bond acceptors (Lipinski definition) is 2. The highest BCUT2D eigenvalue weighted by Crippen LogP contribution is 2.45. The molecule has 1 aromatic carbocycles. The number of aromatic hydroxyl groups is 1. The minimum atomic E-state index is -0.0726. The third-order valence-electron chi connectivity index (χ3n) is 8.04. The fourth-order valence-electron chi connectivity index (χ4n) is 5.62. The maximum Gasteiger partial charge on any atom is 0.127 e. The van der Waals surface area contributed by atoms with Gasteiger partial charge in [-0.25, -0.2) is 0 Å². The Hall–Kier alpha value is -1.18. The fourth-order valence-corrected chi connectivity index (χ4v) is 5.62. The molecule has 0 aliphatic carbocycles. The predicted molar refractivity (Wildman–Crippen MR) is 139 cm³/mol. The molecule has 1 aromatic rings. The first-order valence-corrected chi connectivity index (χ1v) is 13.6. The summed E-state index contributed by atoms with van der Waals surface area (Å²) in [5.74, 6) is 4.09. The number of rotatable bonds is 13. The van der Waals surface area contributed by atoms with Crippen molar-refractivity contribution in [3.8, 4) is 11.5 Å². The van der Waals surface area contributed by atoms with Crippen LogP contribution in [0, 0.1) is 31.6 Å². The molecule has 0 amide bonds. The van der Waals surface area contributed by atoms with Crippen molar-refractivity contribution in [1.29, 1.82) is 0 Å². The second kappa shape index (κ2) is 12.3. The summed E-state index contributed by atoms with van der Waals surface area (Å²) in [6, 6.07) is 0. The Balaban J connectivity index is 1.77. The highest BCUT2D eigenvalue weighted by Gasteiger charge is 2.34. The molecule has 1 N–H and O–H groups in total. The summed E-state index contributed by atoms with van der Waals surface area (Å²) in [5.41, 5.74) is 4.38. The van der Waals surface area contributed by atoms with Gasteiger partial charge < -0.3 is 9.84 Å². The monoisotopic (exact) mass is 444 g/mol. The zero-order chi connectivity index (χ0) is 23.9. The van der Waals surface area contributed by atoms with E-state index in [1.165, 1.54) is 56.9 Å². The molecule has 0 fully saturated rings. The number of ether oxygens (including phenoxy) is 1. The van der Waals surface area contributed by atoms with Crippen LogP contribution in [0.1, 0.15) is 128 Å². The maximum atomic E-state index is 10.6. The van der Waals surface area contributed by atoms with E-state index < -0.39 is 0 Å².